The van der Waals surface area contributed by atoms with Crippen LogP contribution >= 0.6 is 11.6 Å². The van der Waals surface area contributed by atoms with Gasteiger partial charge in [0.25, 0.3) is 5.91 Å². The van der Waals surface area contributed by atoms with E-state index in [1.165, 1.54) is 6.07 Å². The summed E-state index contributed by atoms with van der Waals surface area (Å²) in [6.45, 7) is 7.97. The lowest BCUT2D eigenvalue weighted by atomic mass is 9.87. The maximum Gasteiger partial charge on any atom is 0.272 e. The summed E-state index contributed by atoms with van der Waals surface area (Å²) in [5, 5.41) is 5.77. The molecule has 1 aliphatic heterocycles. The van der Waals surface area contributed by atoms with Crippen molar-refractivity contribution in [2.24, 2.45) is 5.41 Å². The van der Waals surface area contributed by atoms with Gasteiger partial charge in [-0.25, -0.2) is 9.37 Å². The van der Waals surface area contributed by atoms with Crippen LogP contribution in [0.5, 0.6) is 0 Å². The van der Waals surface area contributed by atoms with Crippen molar-refractivity contribution in [3.8, 4) is 11.4 Å². The van der Waals surface area contributed by atoms with Crippen LogP contribution < -0.4 is 10.6 Å². The second kappa shape index (κ2) is 9.58. The van der Waals surface area contributed by atoms with E-state index < -0.39 is 17.8 Å². The van der Waals surface area contributed by atoms with E-state index in [0.29, 0.717) is 36.1 Å². The minimum atomic E-state index is -0.705. The van der Waals surface area contributed by atoms with Gasteiger partial charge in [0.1, 0.15) is 17.7 Å². The van der Waals surface area contributed by atoms with Crippen LogP contribution in [0.1, 0.15) is 49.8 Å². The lowest BCUT2D eigenvalue weighted by Crippen LogP contribution is -2.47. The molecule has 1 aromatic carbocycles. The molecule has 2 N–H and O–H groups in total. The summed E-state index contributed by atoms with van der Waals surface area (Å²) in [6, 6.07) is 3.72. The molecule has 0 radical (unpaired) electrons. The zero-order chi connectivity index (χ0) is 23.6. The highest BCUT2D eigenvalue weighted by Crippen LogP contribution is 2.29. The lowest BCUT2D eigenvalue weighted by Gasteiger charge is -2.25. The van der Waals surface area contributed by atoms with Crippen molar-refractivity contribution in [1.82, 2.24) is 25.1 Å². The predicted molar refractivity (Wildman–Crippen MR) is 123 cm³/mol. The molecule has 32 heavy (non-hydrogen) atoms. The molecule has 9 heteroatoms. The Morgan fingerprint density at radius 1 is 1.28 bits per heavy atom. The topological polar surface area (TPSA) is 79.3 Å². The number of likely N-dealkylation sites (N-methyl/N-ethyl adjacent to an activating group) is 1. The monoisotopic (exact) mass is 463 g/mol. The molecular formula is C23H31ClFN5O2. The van der Waals surface area contributed by atoms with Gasteiger partial charge in [-0.15, -0.1) is 0 Å². The molecule has 0 saturated heterocycles. The summed E-state index contributed by atoms with van der Waals surface area (Å²) in [5.41, 5.74) is 1.04. The molecule has 0 aliphatic carbocycles. The Balaban J connectivity index is 2.04. The molecule has 0 saturated carbocycles. The maximum absolute atomic E-state index is 14.7. The van der Waals surface area contributed by atoms with Crippen molar-refractivity contribution in [1.29, 1.82) is 0 Å². The number of carbonyl (C=O) groups excluding carboxylic acids is 2. The third-order valence-electron chi connectivity index (χ3n) is 5.49. The first kappa shape index (κ1) is 24.2. The lowest BCUT2D eigenvalue weighted by molar-refractivity contribution is -0.123. The van der Waals surface area contributed by atoms with E-state index in [1.807, 2.05) is 32.4 Å². The number of imidazole rings is 1. The van der Waals surface area contributed by atoms with Gasteiger partial charge >= 0.3 is 0 Å². The Kier molecular flexibility index (Phi) is 7.25. The normalized spacial score (nSPS) is 15.6. The summed E-state index contributed by atoms with van der Waals surface area (Å²) in [7, 11) is 3.52. The highest BCUT2D eigenvalue weighted by atomic mass is 35.5. The van der Waals surface area contributed by atoms with Crippen LogP contribution in [0.3, 0.4) is 0 Å². The average Bonchev–Trinajstić information content (AvgIpc) is 2.92. The fourth-order valence-corrected chi connectivity index (χ4v) is 4.16. The number of hydrogen-bond acceptors (Lipinski definition) is 4. The number of hydrogen-bond donors (Lipinski definition) is 2. The fourth-order valence-electron chi connectivity index (χ4n) is 4.00. The van der Waals surface area contributed by atoms with Crippen LogP contribution in [0, 0.1) is 11.2 Å². The van der Waals surface area contributed by atoms with Gasteiger partial charge in [0.2, 0.25) is 5.91 Å². The van der Waals surface area contributed by atoms with Gasteiger partial charge in [0.15, 0.2) is 5.69 Å². The van der Waals surface area contributed by atoms with Crippen LogP contribution in [0.25, 0.3) is 11.4 Å². The minimum Gasteiger partial charge on any atom is -0.357 e. The van der Waals surface area contributed by atoms with E-state index >= 15 is 0 Å². The third kappa shape index (κ3) is 5.48. The second-order valence-corrected chi connectivity index (χ2v) is 9.94. The van der Waals surface area contributed by atoms with Gasteiger partial charge in [-0.05, 0) is 50.0 Å². The molecule has 1 aliphatic rings. The number of nitrogens with zero attached hydrogens (tertiary/aromatic N) is 3. The molecule has 0 spiro atoms. The number of fused-ring (bicyclic) bond motifs is 1. The fraction of sp³-hybridized carbons (Fsp3) is 0.522. The molecule has 0 fully saturated rings. The van der Waals surface area contributed by atoms with Gasteiger partial charge in [0, 0.05) is 25.2 Å². The first-order chi connectivity index (χ1) is 15.0. The van der Waals surface area contributed by atoms with Crippen LogP contribution in [-0.2, 0) is 17.9 Å². The summed E-state index contributed by atoms with van der Waals surface area (Å²) in [4.78, 5) is 32.4. The van der Waals surface area contributed by atoms with E-state index in [1.54, 1.807) is 19.2 Å². The number of amides is 2. The van der Waals surface area contributed by atoms with Crippen molar-refractivity contribution in [3.63, 3.8) is 0 Å². The van der Waals surface area contributed by atoms with Crippen LogP contribution in [0.15, 0.2) is 18.2 Å². The molecule has 0 bridgehead atoms. The standard InChI is InChI=1S/C23H31ClFN5O2/c1-23(2,3)12-17(21(31)26-4)27-22(32)19-18-13-29(5)9-6-10-30(18)20(28-19)15-8-7-14(24)11-16(15)25/h7-8,11,17H,6,9-10,12-13H2,1-5H3,(H,26,31)(H,27,32)/t17-/m0/s1. The number of benzene rings is 1. The predicted octanol–water partition coefficient (Wildman–Crippen LogP) is 3.46. The summed E-state index contributed by atoms with van der Waals surface area (Å²) >= 11 is 5.93. The molecule has 174 valence electrons. The van der Waals surface area contributed by atoms with E-state index in [2.05, 4.69) is 20.5 Å². The zero-order valence-corrected chi connectivity index (χ0v) is 20.0. The molecule has 1 atom stereocenters. The Morgan fingerprint density at radius 3 is 2.62 bits per heavy atom. The van der Waals surface area contributed by atoms with Gasteiger partial charge in [-0.1, -0.05) is 32.4 Å². The number of halogens is 2. The summed E-state index contributed by atoms with van der Waals surface area (Å²) in [5.74, 6) is -0.810. The molecular weight excluding hydrogens is 433 g/mol. The van der Waals surface area contributed by atoms with E-state index in [0.717, 1.165) is 13.0 Å². The number of rotatable bonds is 5. The van der Waals surface area contributed by atoms with E-state index in [-0.39, 0.29) is 22.6 Å². The van der Waals surface area contributed by atoms with Crippen LogP contribution in [0.4, 0.5) is 4.39 Å². The SMILES string of the molecule is CNC(=O)[C@H](CC(C)(C)C)NC(=O)c1nc(-c2ccc(Cl)cc2F)n2c1CN(C)CCC2. The van der Waals surface area contributed by atoms with Gasteiger partial charge in [-0.3, -0.25) is 9.59 Å². The molecule has 0 unspecified atom stereocenters. The van der Waals surface area contributed by atoms with Gasteiger partial charge in [0.05, 0.1) is 11.3 Å². The first-order valence-electron chi connectivity index (χ1n) is 10.8. The summed E-state index contributed by atoms with van der Waals surface area (Å²) < 4.78 is 16.6. The molecule has 1 aromatic heterocycles. The third-order valence-corrected chi connectivity index (χ3v) is 5.72. The van der Waals surface area contributed by atoms with Crippen molar-refractivity contribution in [2.75, 3.05) is 20.6 Å². The van der Waals surface area contributed by atoms with Crippen molar-refractivity contribution < 1.29 is 14.0 Å². The average molecular weight is 464 g/mol. The van der Waals surface area contributed by atoms with Crippen molar-refractivity contribution in [3.05, 3.63) is 40.4 Å². The number of aromatic nitrogens is 2. The molecule has 7 nitrogen and oxygen atoms in total. The smallest absolute Gasteiger partial charge is 0.272 e. The van der Waals surface area contributed by atoms with E-state index in [9.17, 15) is 14.0 Å². The molecule has 2 aromatic rings. The highest BCUT2D eigenvalue weighted by molar-refractivity contribution is 6.30. The van der Waals surface area contributed by atoms with Crippen molar-refractivity contribution in [2.45, 2.75) is 52.7 Å². The summed E-state index contributed by atoms with van der Waals surface area (Å²) in [6.07, 6.45) is 1.31. The Bertz CT molecular complexity index is 1010. The largest absolute Gasteiger partial charge is 0.357 e. The Hall–Kier alpha value is -2.45. The Labute approximate surface area is 193 Å². The number of carbonyl (C=O) groups is 2. The molecule has 2 heterocycles. The van der Waals surface area contributed by atoms with Gasteiger partial charge < -0.3 is 20.1 Å². The highest BCUT2D eigenvalue weighted by Gasteiger charge is 2.31. The van der Waals surface area contributed by atoms with Crippen molar-refractivity contribution >= 4 is 23.4 Å². The van der Waals surface area contributed by atoms with E-state index in [4.69, 9.17) is 11.6 Å². The molecule has 2 amide bonds. The minimum absolute atomic E-state index is 0.173. The first-order valence-corrected chi connectivity index (χ1v) is 11.1. The van der Waals surface area contributed by atoms with Gasteiger partial charge in [-0.2, -0.15) is 0 Å². The van der Waals surface area contributed by atoms with Crippen LogP contribution in [0.2, 0.25) is 5.02 Å². The quantitative estimate of drug-likeness (QED) is 0.711. The number of nitrogens with one attached hydrogen (secondary N) is 2. The van der Waals surface area contributed by atoms with Crippen LogP contribution in [-0.4, -0.2) is 52.9 Å². The zero-order valence-electron chi connectivity index (χ0n) is 19.3. The Morgan fingerprint density at radius 2 is 2.00 bits per heavy atom. The maximum atomic E-state index is 14.7. The molecule has 3 rings (SSSR count). The second-order valence-electron chi connectivity index (χ2n) is 9.50.